The Bertz CT molecular complexity index is 544. The third-order valence-corrected chi connectivity index (χ3v) is 5.46. The average molecular weight is 316 g/mol. The zero-order valence-electron chi connectivity index (χ0n) is 12.6. The molecule has 120 valence electrons. The van der Waals surface area contributed by atoms with Gasteiger partial charge in [-0.2, -0.15) is 0 Å². The van der Waals surface area contributed by atoms with Crippen LogP contribution in [0.2, 0.25) is 0 Å². The molecule has 0 aliphatic carbocycles. The lowest BCUT2D eigenvalue weighted by atomic mass is 9.80. The van der Waals surface area contributed by atoms with Crippen molar-refractivity contribution in [2.45, 2.75) is 31.3 Å². The van der Waals surface area contributed by atoms with Gasteiger partial charge in [-0.3, -0.25) is 0 Å². The van der Waals surface area contributed by atoms with Gasteiger partial charge in [-0.15, -0.1) is 0 Å². The molecule has 1 fully saturated rings. The van der Waals surface area contributed by atoms with Gasteiger partial charge < -0.3 is 14.6 Å². The van der Waals surface area contributed by atoms with Crippen LogP contribution in [-0.2, 0) is 21.3 Å². The van der Waals surface area contributed by atoms with Gasteiger partial charge in [0.25, 0.3) is 10.0 Å². The lowest BCUT2D eigenvalue weighted by Gasteiger charge is -2.37. The van der Waals surface area contributed by atoms with E-state index in [4.69, 9.17) is 4.74 Å². The second-order valence-electron chi connectivity index (χ2n) is 5.53. The van der Waals surface area contributed by atoms with E-state index in [1.807, 2.05) is 6.92 Å². The van der Waals surface area contributed by atoms with E-state index in [2.05, 4.69) is 15.0 Å². The Morgan fingerprint density at radius 3 is 2.81 bits per heavy atom. The largest absolute Gasteiger partial charge is 0.384 e. The molecule has 21 heavy (non-hydrogen) atoms. The van der Waals surface area contributed by atoms with Crippen molar-refractivity contribution in [2.75, 3.05) is 33.4 Å². The van der Waals surface area contributed by atoms with Crippen LogP contribution in [0.3, 0.4) is 0 Å². The van der Waals surface area contributed by atoms with Gasteiger partial charge in [0.1, 0.15) is 0 Å². The minimum absolute atomic E-state index is 0.135. The highest BCUT2D eigenvalue weighted by atomic mass is 32.2. The molecule has 0 saturated carbocycles. The SMILES string of the molecule is CCn1cncc1S(=O)(=O)NCC1(COC)CCNCC1. The summed E-state index contributed by atoms with van der Waals surface area (Å²) in [5.41, 5.74) is -0.135. The van der Waals surface area contributed by atoms with Gasteiger partial charge >= 0.3 is 0 Å². The predicted octanol–water partition coefficient (Wildman–Crippen LogP) is 0.198. The number of methoxy groups -OCH3 is 1. The Hall–Kier alpha value is -0.960. The molecule has 2 heterocycles. The van der Waals surface area contributed by atoms with Crippen LogP contribution in [0.4, 0.5) is 0 Å². The van der Waals surface area contributed by atoms with Gasteiger partial charge in [0.2, 0.25) is 0 Å². The Kier molecular flexibility index (Phi) is 5.37. The number of aryl methyl sites for hydroxylation is 1. The summed E-state index contributed by atoms with van der Waals surface area (Å²) in [6.45, 7) is 5.18. The zero-order valence-corrected chi connectivity index (χ0v) is 13.4. The van der Waals surface area contributed by atoms with E-state index in [0.29, 0.717) is 19.7 Å². The van der Waals surface area contributed by atoms with E-state index in [1.165, 1.54) is 12.5 Å². The molecule has 0 aromatic carbocycles. The number of piperidine rings is 1. The molecular formula is C13H24N4O3S. The number of sulfonamides is 1. The minimum atomic E-state index is -3.54. The molecule has 0 atom stereocenters. The monoisotopic (exact) mass is 316 g/mol. The number of hydrogen-bond donors (Lipinski definition) is 2. The summed E-state index contributed by atoms with van der Waals surface area (Å²) in [6.07, 6.45) is 4.72. The number of hydrogen-bond acceptors (Lipinski definition) is 5. The lowest BCUT2D eigenvalue weighted by molar-refractivity contribution is 0.0577. The van der Waals surface area contributed by atoms with E-state index in [-0.39, 0.29) is 10.4 Å². The molecule has 1 aromatic rings. The Morgan fingerprint density at radius 2 is 2.19 bits per heavy atom. The fraction of sp³-hybridized carbons (Fsp3) is 0.769. The van der Waals surface area contributed by atoms with Crippen LogP contribution in [0.15, 0.2) is 17.6 Å². The summed E-state index contributed by atoms with van der Waals surface area (Å²) in [6, 6.07) is 0. The normalized spacial score (nSPS) is 18.8. The molecule has 0 radical (unpaired) electrons. The third-order valence-electron chi connectivity index (χ3n) is 4.04. The standard InChI is InChI=1S/C13H24N4O3S/c1-3-17-11-15-8-12(17)21(18,19)16-9-13(10-20-2)4-6-14-7-5-13/h8,11,14,16H,3-7,9-10H2,1-2H3. The van der Waals surface area contributed by atoms with E-state index >= 15 is 0 Å². The van der Waals surface area contributed by atoms with Crippen molar-refractivity contribution >= 4 is 10.0 Å². The van der Waals surface area contributed by atoms with Crippen molar-refractivity contribution < 1.29 is 13.2 Å². The summed E-state index contributed by atoms with van der Waals surface area (Å²) >= 11 is 0. The van der Waals surface area contributed by atoms with Crippen molar-refractivity contribution in [3.05, 3.63) is 12.5 Å². The molecule has 1 aliphatic rings. The Labute approximate surface area is 126 Å². The molecule has 2 rings (SSSR count). The summed E-state index contributed by atoms with van der Waals surface area (Å²) < 4.78 is 34.5. The fourth-order valence-corrected chi connectivity index (χ4v) is 4.06. The van der Waals surface area contributed by atoms with Gasteiger partial charge in [-0.05, 0) is 32.9 Å². The molecule has 1 saturated heterocycles. The number of nitrogens with zero attached hydrogens (tertiary/aromatic N) is 2. The number of imidazole rings is 1. The molecule has 7 nitrogen and oxygen atoms in total. The molecule has 8 heteroatoms. The predicted molar refractivity (Wildman–Crippen MR) is 79.5 cm³/mol. The van der Waals surface area contributed by atoms with Gasteiger partial charge in [-0.25, -0.2) is 18.1 Å². The second kappa shape index (κ2) is 6.87. The molecular weight excluding hydrogens is 292 g/mol. The quantitative estimate of drug-likeness (QED) is 0.750. The Balaban J connectivity index is 2.09. The maximum Gasteiger partial charge on any atom is 0.257 e. The highest BCUT2D eigenvalue weighted by Crippen LogP contribution is 2.28. The van der Waals surface area contributed by atoms with E-state index < -0.39 is 10.0 Å². The summed E-state index contributed by atoms with van der Waals surface area (Å²) in [5.74, 6) is 0. The van der Waals surface area contributed by atoms with Gasteiger partial charge in [-0.1, -0.05) is 0 Å². The number of aromatic nitrogens is 2. The van der Waals surface area contributed by atoms with Crippen LogP contribution in [0.25, 0.3) is 0 Å². The third kappa shape index (κ3) is 3.82. The highest BCUT2D eigenvalue weighted by Gasteiger charge is 2.34. The van der Waals surface area contributed by atoms with Crippen LogP contribution in [0.5, 0.6) is 0 Å². The minimum Gasteiger partial charge on any atom is -0.384 e. The van der Waals surface area contributed by atoms with Crippen molar-refractivity contribution in [1.82, 2.24) is 19.6 Å². The zero-order chi connectivity index (χ0) is 15.3. The lowest BCUT2D eigenvalue weighted by Crippen LogP contribution is -2.47. The van der Waals surface area contributed by atoms with E-state index in [9.17, 15) is 8.42 Å². The van der Waals surface area contributed by atoms with E-state index in [0.717, 1.165) is 25.9 Å². The topological polar surface area (TPSA) is 85.2 Å². The van der Waals surface area contributed by atoms with Crippen LogP contribution >= 0.6 is 0 Å². The molecule has 0 spiro atoms. The Morgan fingerprint density at radius 1 is 1.48 bits per heavy atom. The maximum absolute atomic E-state index is 12.4. The van der Waals surface area contributed by atoms with Crippen molar-refractivity contribution in [1.29, 1.82) is 0 Å². The number of ether oxygens (including phenoxy) is 1. The molecule has 2 N–H and O–H groups in total. The second-order valence-corrected chi connectivity index (χ2v) is 7.24. The number of rotatable bonds is 7. The first-order chi connectivity index (χ1) is 10.0. The van der Waals surface area contributed by atoms with E-state index in [1.54, 1.807) is 11.7 Å². The first kappa shape index (κ1) is 16.4. The molecule has 1 aliphatic heterocycles. The molecule has 0 unspecified atom stereocenters. The summed E-state index contributed by atoms with van der Waals surface area (Å²) in [5, 5.41) is 3.51. The van der Waals surface area contributed by atoms with Crippen LogP contribution in [0.1, 0.15) is 19.8 Å². The van der Waals surface area contributed by atoms with Crippen molar-refractivity contribution in [3.63, 3.8) is 0 Å². The van der Waals surface area contributed by atoms with Gasteiger partial charge in [0, 0.05) is 25.6 Å². The van der Waals surface area contributed by atoms with Crippen molar-refractivity contribution in [2.24, 2.45) is 5.41 Å². The van der Waals surface area contributed by atoms with Gasteiger partial charge in [0.05, 0.1) is 19.1 Å². The smallest absolute Gasteiger partial charge is 0.257 e. The molecule has 0 bridgehead atoms. The van der Waals surface area contributed by atoms with Crippen LogP contribution < -0.4 is 10.0 Å². The van der Waals surface area contributed by atoms with Crippen LogP contribution in [-0.4, -0.2) is 51.3 Å². The number of nitrogens with one attached hydrogen (secondary N) is 2. The maximum atomic E-state index is 12.4. The van der Waals surface area contributed by atoms with Crippen LogP contribution in [0, 0.1) is 5.41 Å². The first-order valence-electron chi connectivity index (χ1n) is 7.22. The highest BCUT2D eigenvalue weighted by molar-refractivity contribution is 7.89. The molecule has 1 aromatic heterocycles. The average Bonchev–Trinajstić information content (AvgIpc) is 2.96. The summed E-state index contributed by atoms with van der Waals surface area (Å²) in [4.78, 5) is 3.92. The van der Waals surface area contributed by atoms with Crippen molar-refractivity contribution in [3.8, 4) is 0 Å². The molecule has 0 amide bonds. The fourth-order valence-electron chi connectivity index (χ4n) is 2.73. The first-order valence-corrected chi connectivity index (χ1v) is 8.71. The van der Waals surface area contributed by atoms with Gasteiger partial charge in [0.15, 0.2) is 5.03 Å². The summed E-state index contributed by atoms with van der Waals surface area (Å²) in [7, 11) is -1.88.